The molecule has 1 fully saturated rings. The lowest BCUT2D eigenvalue weighted by Gasteiger charge is -2.37. The van der Waals surface area contributed by atoms with Crippen molar-refractivity contribution in [3.63, 3.8) is 0 Å². The molecule has 4 N–H and O–H groups in total. The molecular weight excluding hydrogens is 218 g/mol. The standard InChI is InChI=1S/C12H25N3O2/c1-9-8-17-10(2)7-15(9)6-4-5-12(3,14)11(13)16/h9-10H,4-8,14H2,1-3H3,(H2,13,16). The molecule has 3 atom stereocenters. The third-order valence-corrected chi connectivity index (χ3v) is 3.44. The average molecular weight is 243 g/mol. The van der Waals surface area contributed by atoms with Crippen LogP contribution >= 0.6 is 0 Å². The molecule has 0 aromatic rings. The lowest BCUT2D eigenvalue weighted by atomic mass is 9.96. The minimum absolute atomic E-state index is 0.284. The maximum absolute atomic E-state index is 11.1. The first kappa shape index (κ1) is 14.4. The quantitative estimate of drug-likeness (QED) is 0.716. The molecule has 5 nitrogen and oxygen atoms in total. The van der Waals surface area contributed by atoms with E-state index in [-0.39, 0.29) is 6.10 Å². The molecule has 0 radical (unpaired) electrons. The van der Waals surface area contributed by atoms with Crippen molar-refractivity contribution in [1.82, 2.24) is 4.90 Å². The van der Waals surface area contributed by atoms with Gasteiger partial charge >= 0.3 is 0 Å². The molecule has 0 spiro atoms. The van der Waals surface area contributed by atoms with Crippen LogP contribution in [-0.4, -0.2) is 48.2 Å². The van der Waals surface area contributed by atoms with Crippen LogP contribution in [0.15, 0.2) is 0 Å². The van der Waals surface area contributed by atoms with Gasteiger partial charge in [-0.25, -0.2) is 0 Å². The molecule has 1 heterocycles. The molecule has 100 valence electrons. The first-order chi connectivity index (χ1) is 7.83. The van der Waals surface area contributed by atoms with Crippen molar-refractivity contribution in [3.05, 3.63) is 0 Å². The van der Waals surface area contributed by atoms with Crippen molar-refractivity contribution in [2.75, 3.05) is 19.7 Å². The fourth-order valence-corrected chi connectivity index (χ4v) is 2.06. The number of carbonyl (C=O) groups is 1. The van der Waals surface area contributed by atoms with Crippen LogP contribution in [0.2, 0.25) is 0 Å². The third-order valence-electron chi connectivity index (χ3n) is 3.44. The van der Waals surface area contributed by atoms with Gasteiger partial charge in [0.05, 0.1) is 18.2 Å². The number of primary amides is 1. The van der Waals surface area contributed by atoms with Gasteiger partial charge in [-0.2, -0.15) is 0 Å². The zero-order valence-electron chi connectivity index (χ0n) is 11.1. The van der Waals surface area contributed by atoms with Crippen LogP contribution in [0.1, 0.15) is 33.6 Å². The summed E-state index contributed by atoms with van der Waals surface area (Å²) in [6, 6.07) is 0.434. The van der Waals surface area contributed by atoms with E-state index >= 15 is 0 Å². The van der Waals surface area contributed by atoms with Crippen molar-refractivity contribution in [1.29, 1.82) is 0 Å². The Kier molecular flexibility index (Phi) is 4.91. The van der Waals surface area contributed by atoms with Crippen molar-refractivity contribution in [2.45, 2.75) is 51.3 Å². The minimum atomic E-state index is -0.888. The highest BCUT2D eigenvalue weighted by atomic mass is 16.5. The zero-order valence-corrected chi connectivity index (χ0v) is 11.1. The number of nitrogens with two attached hydrogens (primary N) is 2. The van der Waals surface area contributed by atoms with Crippen LogP contribution in [0.3, 0.4) is 0 Å². The number of rotatable bonds is 5. The molecule has 1 saturated heterocycles. The van der Waals surface area contributed by atoms with Gasteiger partial charge in [-0.3, -0.25) is 9.69 Å². The Hall–Kier alpha value is -0.650. The van der Waals surface area contributed by atoms with Gasteiger partial charge in [-0.05, 0) is 40.2 Å². The first-order valence-corrected chi connectivity index (χ1v) is 6.27. The third kappa shape index (κ3) is 4.26. The van der Waals surface area contributed by atoms with Crippen molar-refractivity contribution < 1.29 is 9.53 Å². The Morgan fingerprint density at radius 3 is 2.76 bits per heavy atom. The van der Waals surface area contributed by atoms with Gasteiger partial charge in [0.1, 0.15) is 0 Å². The van der Waals surface area contributed by atoms with Crippen LogP contribution in [0.25, 0.3) is 0 Å². The van der Waals surface area contributed by atoms with Crippen LogP contribution in [0, 0.1) is 0 Å². The van der Waals surface area contributed by atoms with Crippen molar-refractivity contribution in [2.24, 2.45) is 11.5 Å². The summed E-state index contributed by atoms with van der Waals surface area (Å²) in [5.41, 5.74) is 10.2. The van der Waals surface area contributed by atoms with Crippen molar-refractivity contribution in [3.8, 4) is 0 Å². The first-order valence-electron chi connectivity index (χ1n) is 6.27. The second-order valence-electron chi connectivity index (χ2n) is 5.37. The monoisotopic (exact) mass is 243 g/mol. The number of hydrogen-bond acceptors (Lipinski definition) is 4. The van der Waals surface area contributed by atoms with E-state index in [0.717, 1.165) is 26.1 Å². The van der Waals surface area contributed by atoms with Crippen LogP contribution in [0.4, 0.5) is 0 Å². The number of carbonyl (C=O) groups excluding carboxylic acids is 1. The summed E-state index contributed by atoms with van der Waals surface area (Å²) in [5.74, 6) is -0.430. The maximum Gasteiger partial charge on any atom is 0.237 e. The Morgan fingerprint density at radius 2 is 2.18 bits per heavy atom. The van der Waals surface area contributed by atoms with Gasteiger partial charge in [-0.1, -0.05) is 0 Å². The van der Waals surface area contributed by atoms with E-state index in [9.17, 15) is 4.79 Å². The molecule has 1 amide bonds. The number of amides is 1. The summed E-state index contributed by atoms with van der Waals surface area (Å²) < 4.78 is 5.57. The predicted molar refractivity (Wildman–Crippen MR) is 67.5 cm³/mol. The second kappa shape index (κ2) is 5.80. The molecule has 17 heavy (non-hydrogen) atoms. The molecule has 0 saturated carbocycles. The van der Waals surface area contributed by atoms with Gasteiger partial charge < -0.3 is 16.2 Å². The molecule has 0 aliphatic carbocycles. The molecule has 0 bridgehead atoms. The minimum Gasteiger partial charge on any atom is -0.376 e. The van der Waals surface area contributed by atoms with E-state index in [4.69, 9.17) is 16.2 Å². The zero-order chi connectivity index (χ0) is 13.1. The van der Waals surface area contributed by atoms with E-state index in [0.29, 0.717) is 12.5 Å². The highest BCUT2D eigenvalue weighted by Gasteiger charge is 2.27. The summed E-state index contributed by atoms with van der Waals surface area (Å²) in [6.07, 6.45) is 1.79. The summed E-state index contributed by atoms with van der Waals surface area (Å²) in [5, 5.41) is 0. The van der Waals surface area contributed by atoms with E-state index in [1.54, 1.807) is 6.92 Å². The van der Waals surface area contributed by atoms with Crippen LogP contribution < -0.4 is 11.5 Å². The molecule has 0 aromatic carbocycles. The van der Waals surface area contributed by atoms with E-state index in [1.165, 1.54) is 0 Å². The lowest BCUT2D eigenvalue weighted by Crippen LogP contribution is -2.51. The normalized spacial score (nSPS) is 29.9. The Balaban J connectivity index is 2.32. The highest BCUT2D eigenvalue weighted by molar-refractivity contribution is 5.83. The number of hydrogen-bond donors (Lipinski definition) is 2. The molecule has 1 aliphatic rings. The Labute approximate surface area is 103 Å². The van der Waals surface area contributed by atoms with Gasteiger partial charge in [0.15, 0.2) is 0 Å². The lowest BCUT2D eigenvalue weighted by molar-refractivity contribution is -0.122. The van der Waals surface area contributed by atoms with Gasteiger partial charge in [0.2, 0.25) is 5.91 Å². The maximum atomic E-state index is 11.1. The fourth-order valence-electron chi connectivity index (χ4n) is 2.06. The largest absolute Gasteiger partial charge is 0.376 e. The average Bonchev–Trinajstić information content (AvgIpc) is 2.22. The molecule has 0 aromatic heterocycles. The summed E-state index contributed by atoms with van der Waals surface area (Å²) in [6.45, 7) is 8.59. The predicted octanol–water partition coefficient (Wildman–Crippen LogP) is 0.0785. The molecule has 1 aliphatic heterocycles. The molecule has 5 heteroatoms. The topological polar surface area (TPSA) is 81.6 Å². The molecule has 1 rings (SSSR count). The van der Waals surface area contributed by atoms with Gasteiger partial charge in [0.25, 0.3) is 0 Å². The summed E-state index contributed by atoms with van der Waals surface area (Å²) >= 11 is 0. The van der Waals surface area contributed by atoms with Gasteiger partial charge in [-0.15, -0.1) is 0 Å². The second-order valence-corrected chi connectivity index (χ2v) is 5.37. The SMILES string of the molecule is CC1CN(CCCC(C)(N)C(N)=O)C(C)CO1. The number of morpholine rings is 1. The summed E-state index contributed by atoms with van der Waals surface area (Å²) in [7, 11) is 0. The van der Waals surface area contributed by atoms with Crippen molar-refractivity contribution >= 4 is 5.91 Å². The van der Waals surface area contributed by atoms with Crippen LogP contribution in [0.5, 0.6) is 0 Å². The van der Waals surface area contributed by atoms with E-state index < -0.39 is 11.4 Å². The highest BCUT2D eigenvalue weighted by Crippen LogP contribution is 2.14. The molecular formula is C12H25N3O2. The smallest absolute Gasteiger partial charge is 0.237 e. The molecule has 3 unspecified atom stereocenters. The van der Waals surface area contributed by atoms with Crippen LogP contribution in [-0.2, 0) is 9.53 Å². The Bertz CT molecular complexity index is 268. The summed E-state index contributed by atoms with van der Waals surface area (Å²) in [4.78, 5) is 13.5. The van der Waals surface area contributed by atoms with Gasteiger partial charge in [0, 0.05) is 12.6 Å². The van der Waals surface area contributed by atoms with E-state index in [2.05, 4.69) is 18.7 Å². The fraction of sp³-hybridized carbons (Fsp3) is 0.917. The number of nitrogens with zero attached hydrogens (tertiary/aromatic N) is 1. The Morgan fingerprint density at radius 1 is 1.53 bits per heavy atom. The number of ether oxygens (including phenoxy) is 1. The van der Waals surface area contributed by atoms with E-state index in [1.807, 2.05) is 0 Å².